The molecule has 0 bridgehead atoms. The highest BCUT2D eigenvalue weighted by Gasteiger charge is 2.32. The van der Waals surface area contributed by atoms with Crippen molar-refractivity contribution < 1.29 is 12.8 Å². The van der Waals surface area contributed by atoms with E-state index in [1.165, 1.54) is 18.5 Å². The van der Waals surface area contributed by atoms with E-state index in [1.807, 2.05) is 0 Å². The Labute approximate surface area is 121 Å². The van der Waals surface area contributed by atoms with E-state index >= 15 is 0 Å². The van der Waals surface area contributed by atoms with Gasteiger partial charge in [-0.2, -0.15) is 0 Å². The van der Waals surface area contributed by atoms with E-state index in [0.29, 0.717) is 29.6 Å². The van der Waals surface area contributed by atoms with Gasteiger partial charge in [0.1, 0.15) is 18.0 Å². The van der Waals surface area contributed by atoms with Crippen molar-refractivity contribution in [3.63, 3.8) is 0 Å². The molecule has 0 saturated heterocycles. The Bertz CT molecular complexity index is 775. The zero-order chi connectivity index (χ0) is 15.0. The average Bonchev–Trinajstić information content (AvgIpc) is 2.35. The van der Waals surface area contributed by atoms with Gasteiger partial charge in [0.15, 0.2) is 0 Å². The molecule has 21 heavy (non-hydrogen) atoms. The van der Waals surface area contributed by atoms with Crippen molar-refractivity contribution >= 4 is 26.7 Å². The molecule has 112 valence electrons. The van der Waals surface area contributed by atoms with E-state index in [0.717, 1.165) is 0 Å². The van der Waals surface area contributed by atoms with Crippen molar-refractivity contribution in [2.75, 3.05) is 11.1 Å². The van der Waals surface area contributed by atoms with Crippen molar-refractivity contribution in [3.05, 3.63) is 30.3 Å². The summed E-state index contributed by atoms with van der Waals surface area (Å²) in [6, 6.07) is 4.46. The summed E-state index contributed by atoms with van der Waals surface area (Å²) >= 11 is 0. The predicted molar refractivity (Wildman–Crippen MR) is 77.6 cm³/mol. The van der Waals surface area contributed by atoms with Gasteiger partial charge in [-0.25, -0.2) is 27.9 Å². The fraction of sp³-hybridized carbons (Fsp3) is 0.385. The molecule has 0 unspecified atom stereocenters. The molecule has 1 fully saturated rings. The summed E-state index contributed by atoms with van der Waals surface area (Å²) in [6.07, 6.45) is 2.83. The van der Waals surface area contributed by atoms with Gasteiger partial charge in [0, 0.05) is 11.4 Å². The number of benzene rings is 1. The van der Waals surface area contributed by atoms with E-state index in [1.54, 1.807) is 6.07 Å². The van der Waals surface area contributed by atoms with Crippen molar-refractivity contribution in [2.45, 2.75) is 18.9 Å². The summed E-state index contributed by atoms with van der Waals surface area (Å²) in [5.41, 5.74) is 0.661. The summed E-state index contributed by atoms with van der Waals surface area (Å²) in [7, 11) is -3.42. The van der Waals surface area contributed by atoms with Gasteiger partial charge in [0.25, 0.3) is 0 Å². The minimum absolute atomic E-state index is 0.00430. The molecule has 1 aromatic heterocycles. The molecule has 1 aliphatic carbocycles. The van der Waals surface area contributed by atoms with Crippen molar-refractivity contribution in [2.24, 2.45) is 11.1 Å². The van der Waals surface area contributed by atoms with E-state index in [-0.39, 0.29) is 23.5 Å². The molecule has 3 rings (SSSR count). The summed E-state index contributed by atoms with van der Waals surface area (Å²) in [6.45, 7) is 0. The van der Waals surface area contributed by atoms with Crippen molar-refractivity contribution in [3.8, 4) is 0 Å². The second-order valence-corrected chi connectivity index (χ2v) is 7.05. The number of nitrogens with one attached hydrogen (secondary N) is 1. The van der Waals surface area contributed by atoms with Crippen LogP contribution in [0.2, 0.25) is 0 Å². The first-order valence-electron chi connectivity index (χ1n) is 6.58. The Balaban J connectivity index is 1.71. The van der Waals surface area contributed by atoms with E-state index in [9.17, 15) is 12.8 Å². The minimum atomic E-state index is -3.42. The predicted octanol–water partition coefficient (Wildman–Crippen LogP) is 1.25. The minimum Gasteiger partial charge on any atom is -0.367 e. The van der Waals surface area contributed by atoms with Crippen LogP contribution in [0.4, 0.5) is 10.2 Å². The quantitative estimate of drug-likeness (QED) is 0.885. The van der Waals surface area contributed by atoms with E-state index in [2.05, 4.69) is 15.3 Å². The number of nitrogens with two attached hydrogens (primary N) is 1. The number of halogens is 1. The molecule has 2 aromatic rings. The lowest BCUT2D eigenvalue weighted by molar-refractivity contribution is 0.310. The summed E-state index contributed by atoms with van der Waals surface area (Å²) in [4.78, 5) is 8.22. The number of hydrogen-bond acceptors (Lipinski definition) is 5. The molecular formula is C13H15FN4O2S. The van der Waals surface area contributed by atoms with Crippen LogP contribution in [-0.2, 0) is 10.0 Å². The monoisotopic (exact) mass is 310 g/mol. The Morgan fingerprint density at radius 2 is 2.10 bits per heavy atom. The molecule has 0 spiro atoms. The first kappa shape index (κ1) is 14.2. The Morgan fingerprint density at radius 1 is 1.33 bits per heavy atom. The number of anilines is 1. The Hall–Kier alpha value is -1.80. The van der Waals surface area contributed by atoms with Crippen LogP contribution in [0.15, 0.2) is 24.5 Å². The number of hydrogen-bond donors (Lipinski definition) is 2. The van der Waals surface area contributed by atoms with Gasteiger partial charge in [-0.1, -0.05) is 0 Å². The molecule has 0 aliphatic heterocycles. The first-order chi connectivity index (χ1) is 9.90. The van der Waals surface area contributed by atoms with Crippen molar-refractivity contribution in [1.29, 1.82) is 0 Å². The van der Waals surface area contributed by atoms with Gasteiger partial charge in [-0.15, -0.1) is 0 Å². The lowest BCUT2D eigenvalue weighted by Gasteiger charge is -2.35. The van der Waals surface area contributed by atoms with E-state index in [4.69, 9.17) is 5.14 Å². The zero-order valence-electron chi connectivity index (χ0n) is 11.2. The van der Waals surface area contributed by atoms with Crippen LogP contribution in [0.1, 0.15) is 12.8 Å². The van der Waals surface area contributed by atoms with Crippen LogP contribution in [0, 0.1) is 11.7 Å². The lowest BCUT2D eigenvalue weighted by atomic mass is 9.81. The third-order valence-corrected chi connectivity index (χ3v) is 4.58. The van der Waals surface area contributed by atoms with Crippen LogP contribution in [-0.4, -0.2) is 30.2 Å². The molecule has 0 amide bonds. The van der Waals surface area contributed by atoms with Gasteiger partial charge in [0.05, 0.1) is 11.3 Å². The fourth-order valence-corrected chi connectivity index (χ4v) is 3.58. The molecule has 8 heteroatoms. The van der Waals surface area contributed by atoms with E-state index < -0.39 is 10.0 Å². The molecule has 0 radical (unpaired) electrons. The highest BCUT2D eigenvalue weighted by molar-refractivity contribution is 7.89. The molecule has 1 heterocycles. The largest absolute Gasteiger partial charge is 0.367 e. The molecule has 0 atom stereocenters. The second-order valence-electron chi connectivity index (χ2n) is 5.39. The first-order valence-corrected chi connectivity index (χ1v) is 8.29. The maximum atomic E-state index is 13.3. The molecule has 1 aliphatic rings. The molecule has 3 N–H and O–H groups in total. The SMILES string of the molecule is NS(=O)(=O)CC1CC(Nc2ncnc3ccc(F)cc23)C1. The molecular weight excluding hydrogens is 295 g/mol. The fourth-order valence-electron chi connectivity index (χ4n) is 2.66. The van der Waals surface area contributed by atoms with Crippen molar-refractivity contribution in [1.82, 2.24) is 9.97 Å². The number of nitrogens with zero attached hydrogens (tertiary/aromatic N) is 2. The van der Waals surface area contributed by atoms with Gasteiger partial charge < -0.3 is 5.32 Å². The number of sulfonamides is 1. The number of aromatic nitrogens is 2. The summed E-state index contributed by atoms with van der Waals surface area (Å²) in [5.74, 6) is 0.298. The molecule has 1 saturated carbocycles. The van der Waals surface area contributed by atoms with Crippen LogP contribution in [0.3, 0.4) is 0 Å². The van der Waals surface area contributed by atoms with Gasteiger partial charge >= 0.3 is 0 Å². The summed E-state index contributed by atoms with van der Waals surface area (Å²) < 4.78 is 35.3. The average molecular weight is 310 g/mol. The van der Waals surface area contributed by atoms with Gasteiger partial charge in [0.2, 0.25) is 10.0 Å². The number of fused-ring (bicyclic) bond motifs is 1. The highest BCUT2D eigenvalue weighted by Crippen LogP contribution is 2.32. The molecule has 6 nitrogen and oxygen atoms in total. The smallest absolute Gasteiger partial charge is 0.209 e. The lowest BCUT2D eigenvalue weighted by Crippen LogP contribution is -2.40. The normalized spacial score (nSPS) is 22.0. The van der Waals surface area contributed by atoms with Gasteiger partial charge in [-0.05, 0) is 37.0 Å². The van der Waals surface area contributed by atoms with Crippen LogP contribution in [0.5, 0.6) is 0 Å². The maximum Gasteiger partial charge on any atom is 0.209 e. The second kappa shape index (κ2) is 5.19. The Morgan fingerprint density at radius 3 is 2.81 bits per heavy atom. The third kappa shape index (κ3) is 3.27. The number of primary sulfonamides is 1. The highest BCUT2D eigenvalue weighted by atomic mass is 32.2. The Kier molecular flexibility index (Phi) is 3.50. The van der Waals surface area contributed by atoms with Gasteiger partial charge in [-0.3, -0.25) is 0 Å². The number of rotatable bonds is 4. The van der Waals surface area contributed by atoms with Crippen LogP contribution < -0.4 is 10.5 Å². The third-order valence-electron chi connectivity index (χ3n) is 3.64. The van der Waals surface area contributed by atoms with Crippen LogP contribution >= 0.6 is 0 Å². The van der Waals surface area contributed by atoms with Crippen LogP contribution in [0.25, 0.3) is 10.9 Å². The maximum absolute atomic E-state index is 13.3. The standard InChI is InChI=1S/C13H15FN4O2S/c14-9-1-2-12-11(5-9)13(17-7-16-12)18-10-3-8(4-10)6-21(15,19)20/h1-2,5,7-8,10H,3-4,6H2,(H2,15,19,20)(H,16,17,18). The summed E-state index contributed by atoms with van der Waals surface area (Å²) in [5, 5.41) is 8.85. The zero-order valence-corrected chi connectivity index (χ0v) is 12.0. The molecule has 1 aromatic carbocycles. The topological polar surface area (TPSA) is 98.0 Å².